The molecule has 0 aliphatic rings. The molecule has 4 rings (SSSR count). The summed E-state index contributed by atoms with van der Waals surface area (Å²) in [7, 11) is 1.82. The van der Waals surface area contributed by atoms with Crippen LogP contribution in [0.4, 0.5) is 5.82 Å². The molecule has 0 atom stereocenters. The molecule has 0 unspecified atom stereocenters. The van der Waals surface area contributed by atoms with Crippen molar-refractivity contribution < 1.29 is 4.79 Å². The number of benzene rings is 2. The molecule has 0 aliphatic carbocycles. The third kappa shape index (κ3) is 4.44. The summed E-state index contributed by atoms with van der Waals surface area (Å²) in [6.07, 6.45) is 4.90. The molecule has 0 saturated heterocycles. The van der Waals surface area contributed by atoms with Gasteiger partial charge in [0.05, 0.1) is 5.52 Å². The zero-order valence-electron chi connectivity index (χ0n) is 18.7. The van der Waals surface area contributed by atoms with E-state index in [2.05, 4.69) is 58.0 Å². The number of nitrogens with zero attached hydrogens (tertiary/aromatic N) is 5. The highest BCUT2D eigenvalue weighted by Crippen LogP contribution is 2.29. The zero-order chi connectivity index (χ0) is 22.5. The number of anilines is 1. The van der Waals surface area contributed by atoms with Gasteiger partial charge in [-0.05, 0) is 60.9 Å². The van der Waals surface area contributed by atoms with Crippen molar-refractivity contribution >= 4 is 22.6 Å². The van der Waals surface area contributed by atoms with Gasteiger partial charge in [-0.15, -0.1) is 0 Å². The van der Waals surface area contributed by atoms with Gasteiger partial charge in [-0.25, -0.2) is 9.97 Å². The van der Waals surface area contributed by atoms with Gasteiger partial charge in [-0.2, -0.15) is 0 Å². The minimum Gasteiger partial charge on any atom is -0.357 e. The molecule has 6 heteroatoms. The first-order chi connectivity index (χ1) is 15.6. The normalized spacial score (nSPS) is 10.8. The summed E-state index contributed by atoms with van der Waals surface area (Å²) in [4.78, 5) is 29.6. The Morgan fingerprint density at radius 1 is 0.906 bits per heavy atom. The monoisotopic (exact) mass is 425 g/mol. The van der Waals surface area contributed by atoms with Crippen molar-refractivity contribution in [2.24, 2.45) is 0 Å². The number of hydrogen-bond acceptors (Lipinski definition) is 5. The second kappa shape index (κ2) is 9.56. The van der Waals surface area contributed by atoms with E-state index in [1.54, 1.807) is 35.8 Å². The Morgan fingerprint density at radius 2 is 1.66 bits per heavy atom. The zero-order valence-corrected chi connectivity index (χ0v) is 18.7. The molecule has 0 aliphatic heterocycles. The van der Waals surface area contributed by atoms with Crippen molar-refractivity contribution in [3.05, 3.63) is 84.4 Å². The molecular formula is C26H27N5O. The Bertz CT molecular complexity index is 1220. The summed E-state index contributed by atoms with van der Waals surface area (Å²) < 4.78 is 0. The van der Waals surface area contributed by atoms with E-state index in [9.17, 15) is 4.79 Å². The molecule has 0 N–H and O–H groups in total. The molecule has 0 saturated carbocycles. The minimum atomic E-state index is -0.0236. The third-order valence-corrected chi connectivity index (χ3v) is 5.63. The fourth-order valence-corrected chi connectivity index (χ4v) is 3.91. The van der Waals surface area contributed by atoms with Crippen LogP contribution in [0.25, 0.3) is 22.0 Å². The maximum atomic E-state index is 12.7. The van der Waals surface area contributed by atoms with Crippen LogP contribution in [0.2, 0.25) is 0 Å². The van der Waals surface area contributed by atoms with Crippen LogP contribution in [0.1, 0.15) is 29.8 Å². The summed E-state index contributed by atoms with van der Waals surface area (Å²) >= 11 is 0. The number of aromatic nitrogens is 3. The Kier molecular flexibility index (Phi) is 6.40. The molecular weight excluding hydrogens is 398 g/mol. The van der Waals surface area contributed by atoms with Crippen LogP contribution in [0.15, 0.2) is 73.3 Å². The average Bonchev–Trinajstić information content (AvgIpc) is 2.85. The molecule has 2 heterocycles. The molecule has 6 nitrogen and oxygen atoms in total. The standard InChI is InChI=1S/C26H27N5O/c1-4-31(5-2)25-23-16-22(9-10-24(23)28-18-29-25)21-8-6-7-19(15-21)17-30(3)26(32)20-11-13-27-14-12-20/h6-16,18H,4-5,17H2,1-3H3. The van der Waals surface area contributed by atoms with E-state index < -0.39 is 0 Å². The number of carbonyl (C=O) groups is 1. The van der Waals surface area contributed by atoms with Gasteiger partial charge in [0.25, 0.3) is 5.91 Å². The van der Waals surface area contributed by atoms with Crippen molar-refractivity contribution in [2.45, 2.75) is 20.4 Å². The smallest absolute Gasteiger partial charge is 0.254 e. The average molecular weight is 426 g/mol. The van der Waals surface area contributed by atoms with Crippen LogP contribution in [-0.4, -0.2) is 45.9 Å². The lowest BCUT2D eigenvalue weighted by Crippen LogP contribution is -2.26. The summed E-state index contributed by atoms with van der Waals surface area (Å²) in [5.41, 5.74) is 4.84. The Hall–Kier alpha value is -3.80. The summed E-state index contributed by atoms with van der Waals surface area (Å²) in [6, 6.07) is 18.1. The summed E-state index contributed by atoms with van der Waals surface area (Å²) in [5, 5.41) is 1.05. The van der Waals surface area contributed by atoms with Gasteiger partial charge < -0.3 is 9.80 Å². The number of carbonyl (C=O) groups excluding carboxylic acids is 1. The second-order valence-corrected chi connectivity index (χ2v) is 7.70. The first-order valence-electron chi connectivity index (χ1n) is 10.8. The van der Waals surface area contributed by atoms with Gasteiger partial charge in [-0.1, -0.05) is 24.3 Å². The Morgan fingerprint density at radius 3 is 2.41 bits per heavy atom. The van der Waals surface area contributed by atoms with E-state index in [0.717, 1.165) is 46.5 Å². The fraction of sp³-hybridized carbons (Fsp3) is 0.231. The first-order valence-corrected chi connectivity index (χ1v) is 10.8. The fourth-order valence-electron chi connectivity index (χ4n) is 3.91. The van der Waals surface area contributed by atoms with Gasteiger partial charge in [-0.3, -0.25) is 9.78 Å². The lowest BCUT2D eigenvalue weighted by Gasteiger charge is -2.21. The van der Waals surface area contributed by atoms with Crippen molar-refractivity contribution in [1.82, 2.24) is 19.9 Å². The van der Waals surface area contributed by atoms with Crippen molar-refractivity contribution in [3.8, 4) is 11.1 Å². The lowest BCUT2D eigenvalue weighted by molar-refractivity contribution is 0.0785. The molecule has 4 aromatic rings. The van der Waals surface area contributed by atoms with Crippen LogP contribution in [0.3, 0.4) is 0 Å². The van der Waals surface area contributed by atoms with Gasteiger partial charge in [0.2, 0.25) is 0 Å². The molecule has 2 aromatic carbocycles. The highest BCUT2D eigenvalue weighted by molar-refractivity contribution is 5.94. The Labute approximate surface area is 188 Å². The van der Waals surface area contributed by atoms with Crippen LogP contribution in [-0.2, 0) is 6.54 Å². The Balaban J connectivity index is 1.63. The third-order valence-electron chi connectivity index (χ3n) is 5.63. The molecule has 2 aromatic heterocycles. The number of amides is 1. The predicted octanol–water partition coefficient (Wildman–Crippen LogP) is 4.81. The van der Waals surface area contributed by atoms with Gasteiger partial charge >= 0.3 is 0 Å². The number of rotatable bonds is 7. The van der Waals surface area contributed by atoms with Crippen molar-refractivity contribution in [1.29, 1.82) is 0 Å². The molecule has 0 spiro atoms. The molecule has 0 radical (unpaired) electrons. The molecule has 0 fully saturated rings. The topological polar surface area (TPSA) is 62.2 Å². The van der Waals surface area contributed by atoms with Crippen LogP contribution in [0, 0.1) is 0 Å². The van der Waals surface area contributed by atoms with E-state index in [4.69, 9.17) is 0 Å². The SMILES string of the molecule is CCN(CC)c1ncnc2ccc(-c3cccc(CN(C)C(=O)c4ccncc4)c3)cc12. The van der Waals surface area contributed by atoms with Crippen LogP contribution in [0.5, 0.6) is 0 Å². The van der Waals surface area contributed by atoms with E-state index in [1.807, 2.05) is 25.2 Å². The number of pyridine rings is 1. The summed E-state index contributed by atoms with van der Waals surface area (Å²) in [6.45, 7) is 6.57. The first kappa shape index (κ1) is 21.4. The van der Waals surface area contributed by atoms with Crippen LogP contribution >= 0.6 is 0 Å². The largest absolute Gasteiger partial charge is 0.357 e. The highest BCUT2D eigenvalue weighted by atomic mass is 16.2. The van der Waals surface area contributed by atoms with Crippen molar-refractivity contribution in [2.75, 3.05) is 25.0 Å². The summed E-state index contributed by atoms with van der Waals surface area (Å²) in [5.74, 6) is 0.935. The van der Waals surface area contributed by atoms with Gasteiger partial charge in [0.15, 0.2) is 0 Å². The maximum Gasteiger partial charge on any atom is 0.254 e. The minimum absolute atomic E-state index is 0.0236. The number of hydrogen-bond donors (Lipinski definition) is 0. The predicted molar refractivity (Wildman–Crippen MR) is 129 cm³/mol. The quantitative estimate of drug-likeness (QED) is 0.425. The van der Waals surface area contributed by atoms with Gasteiger partial charge in [0, 0.05) is 50.0 Å². The van der Waals surface area contributed by atoms with E-state index in [0.29, 0.717) is 12.1 Å². The molecule has 0 bridgehead atoms. The highest BCUT2D eigenvalue weighted by Gasteiger charge is 2.13. The van der Waals surface area contributed by atoms with E-state index >= 15 is 0 Å². The second-order valence-electron chi connectivity index (χ2n) is 7.70. The van der Waals surface area contributed by atoms with Gasteiger partial charge in [0.1, 0.15) is 12.1 Å². The maximum absolute atomic E-state index is 12.7. The molecule has 162 valence electrons. The lowest BCUT2D eigenvalue weighted by atomic mass is 10.0. The van der Waals surface area contributed by atoms with Crippen LogP contribution < -0.4 is 4.90 Å². The van der Waals surface area contributed by atoms with Crippen molar-refractivity contribution in [3.63, 3.8) is 0 Å². The number of fused-ring (bicyclic) bond motifs is 1. The molecule has 1 amide bonds. The molecule has 32 heavy (non-hydrogen) atoms. The van der Waals surface area contributed by atoms with E-state index in [-0.39, 0.29) is 5.91 Å². The van der Waals surface area contributed by atoms with E-state index in [1.165, 1.54) is 0 Å².